The number of aliphatic hydroxyl groups is 1. The van der Waals surface area contributed by atoms with Gasteiger partial charge in [-0.3, -0.25) is 4.68 Å². The maximum atomic E-state index is 8.71. The number of hydrogen-bond acceptors (Lipinski definition) is 5. The Bertz CT molecular complexity index is 593. The summed E-state index contributed by atoms with van der Waals surface area (Å²) >= 11 is 0. The smallest absolute Gasteiger partial charge is 0.213 e. The van der Waals surface area contributed by atoms with Gasteiger partial charge in [-0.05, 0) is 26.3 Å². The molecule has 0 atom stereocenters. The minimum absolute atomic E-state index is 0.0119. The maximum Gasteiger partial charge on any atom is 0.213 e. The SMILES string of the molecule is CCCn1nc(C)c(CNc2ccc(OCCO)nc2)c1C. The van der Waals surface area contributed by atoms with Gasteiger partial charge >= 0.3 is 0 Å². The minimum Gasteiger partial charge on any atom is -0.475 e. The molecule has 0 bridgehead atoms. The zero-order valence-corrected chi connectivity index (χ0v) is 13.5. The molecule has 0 aliphatic carbocycles. The largest absolute Gasteiger partial charge is 0.475 e. The van der Waals surface area contributed by atoms with Crippen molar-refractivity contribution < 1.29 is 9.84 Å². The van der Waals surface area contributed by atoms with Gasteiger partial charge in [-0.1, -0.05) is 6.92 Å². The van der Waals surface area contributed by atoms with Gasteiger partial charge < -0.3 is 15.2 Å². The van der Waals surface area contributed by atoms with Crippen molar-refractivity contribution in [2.75, 3.05) is 18.5 Å². The molecule has 0 saturated heterocycles. The molecule has 0 fully saturated rings. The second-order valence-corrected chi connectivity index (χ2v) is 5.18. The van der Waals surface area contributed by atoms with Gasteiger partial charge in [0.15, 0.2) is 0 Å². The van der Waals surface area contributed by atoms with E-state index < -0.39 is 0 Å². The Balaban J connectivity index is 1.98. The van der Waals surface area contributed by atoms with Crippen LogP contribution in [0.25, 0.3) is 0 Å². The summed E-state index contributed by atoms with van der Waals surface area (Å²) in [5.74, 6) is 0.516. The zero-order valence-electron chi connectivity index (χ0n) is 13.5. The van der Waals surface area contributed by atoms with E-state index in [1.54, 1.807) is 12.3 Å². The van der Waals surface area contributed by atoms with Crippen LogP contribution < -0.4 is 10.1 Å². The average molecular weight is 304 g/mol. The third-order valence-corrected chi connectivity index (χ3v) is 3.51. The molecule has 2 aromatic rings. The third kappa shape index (κ3) is 3.98. The molecule has 0 spiro atoms. The number of aromatic nitrogens is 3. The predicted molar refractivity (Wildman–Crippen MR) is 86.1 cm³/mol. The second-order valence-electron chi connectivity index (χ2n) is 5.18. The van der Waals surface area contributed by atoms with Gasteiger partial charge in [0, 0.05) is 30.4 Å². The highest BCUT2D eigenvalue weighted by molar-refractivity contribution is 5.43. The van der Waals surface area contributed by atoms with Crippen LogP contribution in [0, 0.1) is 13.8 Å². The molecule has 6 heteroatoms. The summed E-state index contributed by atoms with van der Waals surface area (Å²) in [6.07, 6.45) is 2.81. The fourth-order valence-corrected chi connectivity index (χ4v) is 2.33. The van der Waals surface area contributed by atoms with Gasteiger partial charge in [0.1, 0.15) is 6.61 Å². The summed E-state index contributed by atoms with van der Waals surface area (Å²) in [5.41, 5.74) is 4.43. The first-order valence-electron chi connectivity index (χ1n) is 7.62. The Kier molecular flexibility index (Phi) is 5.77. The normalized spacial score (nSPS) is 10.7. The highest BCUT2D eigenvalue weighted by Crippen LogP contribution is 2.17. The lowest BCUT2D eigenvalue weighted by Gasteiger charge is -2.08. The molecule has 2 heterocycles. The van der Waals surface area contributed by atoms with E-state index in [9.17, 15) is 0 Å². The molecule has 22 heavy (non-hydrogen) atoms. The average Bonchev–Trinajstić information content (AvgIpc) is 2.79. The highest BCUT2D eigenvalue weighted by atomic mass is 16.5. The number of anilines is 1. The quantitative estimate of drug-likeness (QED) is 0.783. The van der Waals surface area contributed by atoms with Gasteiger partial charge in [0.25, 0.3) is 0 Å². The summed E-state index contributed by atoms with van der Waals surface area (Å²) in [7, 11) is 0. The Morgan fingerprint density at radius 1 is 1.32 bits per heavy atom. The molecule has 2 N–H and O–H groups in total. The van der Waals surface area contributed by atoms with E-state index in [1.165, 1.54) is 11.3 Å². The van der Waals surface area contributed by atoms with Crippen molar-refractivity contribution in [1.29, 1.82) is 0 Å². The van der Waals surface area contributed by atoms with E-state index in [4.69, 9.17) is 9.84 Å². The van der Waals surface area contributed by atoms with Crippen LogP contribution in [0.5, 0.6) is 5.88 Å². The van der Waals surface area contributed by atoms with Gasteiger partial charge in [-0.2, -0.15) is 5.10 Å². The van der Waals surface area contributed by atoms with Crippen LogP contribution in [0.1, 0.15) is 30.3 Å². The molecule has 2 rings (SSSR count). The zero-order chi connectivity index (χ0) is 15.9. The fourth-order valence-electron chi connectivity index (χ4n) is 2.33. The van der Waals surface area contributed by atoms with Crippen molar-refractivity contribution >= 4 is 5.69 Å². The lowest BCUT2D eigenvalue weighted by molar-refractivity contribution is 0.196. The summed E-state index contributed by atoms with van der Waals surface area (Å²) in [4.78, 5) is 4.19. The van der Waals surface area contributed by atoms with Crippen molar-refractivity contribution in [3.8, 4) is 5.88 Å². The number of rotatable bonds is 8. The fraction of sp³-hybridized carbons (Fsp3) is 0.500. The Labute approximate surface area is 131 Å². The van der Waals surface area contributed by atoms with Crippen LogP contribution in [0.3, 0.4) is 0 Å². The molecular formula is C16H24N4O2. The van der Waals surface area contributed by atoms with Gasteiger partial charge in [0.2, 0.25) is 5.88 Å². The Morgan fingerprint density at radius 3 is 2.77 bits per heavy atom. The molecule has 0 aliphatic heterocycles. The van der Waals surface area contributed by atoms with Crippen LogP contribution in [0.4, 0.5) is 5.69 Å². The second kappa shape index (κ2) is 7.79. The minimum atomic E-state index is -0.0119. The molecule has 2 aromatic heterocycles. The number of aliphatic hydroxyl groups excluding tert-OH is 1. The number of aryl methyl sites for hydroxylation is 2. The lowest BCUT2D eigenvalue weighted by Crippen LogP contribution is -2.05. The van der Waals surface area contributed by atoms with Crippen molar-refractivity contribution in [3.63, 3.8) is 0 Å². The molecule has 0 saturated carbocycles. The third-order valence-electron chi connectivity index (χ3n) is 3.51. The molecule has 120 valence electrons. The van der Waals surface area contributed by atoms with Crippen molar-refractivity contribution in [2.45, 2.75) is 40.3 Å². The monoisotopic (exact) mass is 304 g/mol. The molecule has 0 unspecified atom stereocenters. The van der Waals surface area contributed by atoms with E-state index in [2.05, 4.69) is 33.9 Å². The van der Waals surface area contributed by atoms with Crippen LogP contribution in [0.15, 0.2) is 18.3 Å². The Hall–Kier alpha value is -2.08. The van der Waals surface area contributed by atoms with Gasteiger partial charge in [-0.15, -0.1) is 0 Å². The van der Waals surface area contributed by atoms with Crippen LogP contribution in [-0.2, 0) is 13.1 Å². The summed E-state index contributed by atoms with van der Waals surface area (Å²) in [5, 5.41) is 16.6. The van der Waals surface area contributed by atoms with Crippen LogP contribution in [-0.4, -0.2) is 33.1 Å². The first kappa shape index (κ1) is 16.3. The first-order chi connectivity index (χ1) is 10.7. The number of nitrogens with one attached hydrogen (secondary N) is 1. The van der Waals surface area contributed by atoms with E-state index in [1.807, 2.05) is 13.0 Å². The van der Waals surface area contributed by atoms with Crippen LogP contribution >= 0.6 is 0 Å². The molecule has 0 aliphatic rings. The maximum absolute atomic E-state index is 8.71. The van der Waals surface area contributed by atoms with Crippen LogP contribution in [0.2, 0.25) is 0 Å². The van der Waals surface area contributed by atoms with Gasteiger partial charge in [-0.25, -0.2) is 4.98 Å². The highest BCUT2D eigenvalue weighted by Gasteiger charge is 2.10. The van der Waals surface area contributed by atoms with E-state index in [0.717, 1.165) is 30.9 Å². The Morgan fingerprint density at radius 2 is 2.14 bits per heavy atom. The lowest BCUT2D eigenvalue weighted by atomic mass is 10.2. The number of pyridine rings is 1. The van der Waals surface area contributed by atoms with Crippen molar-refractivity contribution in [2.24, 2.45) is 0 Å². The topological polar surface area (TPSA) is 72.2 Å². The molecule has 6 nitrogen and oxygen atoms in total. The van der Waals surface area contributed by atoms with E-state index in [0.29, 0.717) is 5.88 Å². The van der Waals surface area contributed by atoms with Crippen molar-refractivity contribution in [1.82, 2.24) is 14.8 Å². The summed E-state index contributed by atoms with van der Waals surface area (Å²) < 4.78 is 7.31. The molecule has 0 amide bonds. The predicted octanol–water partition coefficient (Wildman–Crippen LogP) is 2.29. The van der Waals surface area contributed by atoms with Gasteiger partial charge in [0.05, 0.1) is 24.2 Å². The summed E-state index contributed by atoms with van der Waals surface area (Å²) in [6, 6.07) is 3.71. The van der Waals surface area contributed by atoms with E-state index in [-0.39, 0.29) is 13.2 Å². The molecular weight excluding hydrogens is 280 g/mol. The summed E-state index contributed by atoms with van der Waals surface area (Å²) in [6.45, 7) is 8.22. The number of ether oxygens (including phenoxy) is 1. The first-order valence-corrected chi connectivity index (χ1v) is 7.62. The standard InChI is InChI=1S/C16H24N4O2/c1-4-7-20-13(3)15(12(2)19-20)11-17-14-5-6-16(18-10-14)22-9-8-21/h5-6,10,17,21H,4,7-9,11H2,1-3H3. The van der Waals surface area contributed by atoms with E-state index >= 15 is 0 Å². The molecule has 0 aromatic carbocycles. The number of nitrogens with zero attached hydrogens (tertiary/aromatic N) is 3. The molecule has 0 radical (unpaired) electrons. The van der Waals surface area contributed by atoms with Crippen molar-refractivity contribution in [3.05, 3.63) is 35.3 Å². The number of hydrogen-bond donors (Lipinski definition) is 2.